The van der Waals surface area contributed by atoms with Crippen LogP contribution in [0.15, 0.2) is 59.4 Å². The monoisotopic (exact) mass is 488 g/mol. The lowest BCUT2D eigenvalue weighted by Gasteiger charge is -2.11. The number of nitrogens with one attached hydrogen (secondary N) is 1. The van der Waals surface area contributed by atoms with Crippen LogP contribution in [0.1, 0.15) is 16.1 Å². The van der Waals surface area contributed by atoms with Gasteiger partial charge in [-0.1, -0.05) is 35.9 Å². The number of amides is 1. The highest BCUT2D eigenvalue weighted by Crippen LogP contribution is 2.31. The number of thiazole rings is 2. The Hall–Kier alpha value is -4.00. The summed E-state index contributed by atoms with van der Waals surface area (Å²) in [4.78, 5) is 20.7. The zero-order valence-corrected chi connectivity index (χ0v) is 20.1. The highest BCUT2D eigenvalue weighted by molar-refractivity contribution is 7.13. The van der Waals surface area contributed by atoms with Gasteiger partial charge in [0.2, 0.25) is 0 Å². The van der Waals surface area contributed by atoms with Gasteiger partial charge in [-0.2, -0.15) is 5.26 Å². The number of methoxy groups -OCH3 is 1. The van der Waals surface area contributed by atoms with E-state index in [2.05, 4.69) is 21.4 Å². The number of carbonyl (C=O) groups is 1. The molecule has 0 spiro atoms. The molecule has 0 saturated heterocycles. The van der Waals surface area contributed by atoms with E-state index in [1.165, 1.54) is 35.3 Å². The maximum Gasteiger partial charge on any atom is 0.264 e. The zero-order valence-electron chi connectivity index (χ0n) is 18.4. The fraction of sp³-hybridized carbons (Fsp3) is 0.120. The van der Waals surface area contributed by atoms with Crippen molar-refractivity contribution in [3.63, 3.8) is 0 Å². The minimum absolute atomic E-state index is 0.185. The molecular formula is C25H20N4O3S2. The summed E-state index contributed by atoms with van der Waals surface area (Å²) in [5.41, 5.74) is 4.21. The van der Waals surface area contributed by atoms with Crippen LogP contribution in [0.25, 0.3) is 22.9 Å². The molecule has 0 fully saturated rings. The van der Waals surface area contributed by atoms with Crippen LogP contribution in [0, 0.1) is 18.3 Å². The van der Waals surface area contributed by atoms with Crippen molar-refractivity contribution in [1.29, 1.82) is 5.26 Å². The van der Waals surface area contributed by atoms with Gasteiger partial charge in [0, 0.05) is 22.5 Å². The molecule has 4 aromatic rings. The molecule has 0 atom stereocenters. The van der Waals surface area contributed by atoms with Crippen molar-refractivity contribution in [3.8, 4) is 28.8 Å². The summed E-state index contributed by atoms with van der Waals surface area (Å²) in [6, 6.07) is 15.6. The molecule has 0 aliphatic carbocycles. The van der Waals surface area contributed by atoms with Gasteiger partial charge in [-0.3, -0.25) is 10.1 Å². The van der Waals surface area contributed by atoms with Crippen molar-refractivity contribution < 1.29 is 14.3 Å². The summed E-state index contributed by atoms with van der Waals surface area (Å²) < 4.78 is 11.0. The van der Waals surface area contributed by atoms with Crippen LogP contribution in [0.2, 0.25) is 0 Å². The van der Waals surface area contributed by atoms with Crippen LogP contribution in [0.5, 0.6) is 11.5 Å². The summed E-state index contributed by atoms with van der Waals surface area (Å²) >= 11 is 2.75. The third-order valence-corrected chi connectivity index (χ3v) is 6.30. The van der Waals surface area contributed by atoms with Gasteiger partial charge in [-0.05, 0) is 30.7 Å². The van der Waals surface area contributed by atoms with E-state index in [0.29, 0.717) is 27.2 Å². The van der Waals surface area contributed by atoms with Crippen molar-refractivity contribution in [2.24, 2.45) is 0 Å². The van der Waals surface area contributed by atoms with Crippen molar-refractivity contribution in [1.82, 2.24) is 9.97 Å². The van der Waals surface area contributed by atoms with Crippen LogP contribution >= 0.6 is 22.7 Å². The molecule has 9 heteroatoms. The molecule has 0 aliphatic rings. The number of aromatic nitrogens is 2. The number of hydrogen-bond acceptors (Lipinski definition) is 8. The summed E-state index contributed by atoms with van der Waals surface area (Å²) in [5, 5.41) is 17.3. The minimum atomic E-state index is -0.319. The first kappa shape index (κ1) is 23.2. The molecule has 2 aromatic carbocycles. The van der Waals surface area contributed by atoms with Gasteiger partial charge >= 0.3 is 0 Å². The van der Waals surface area contributed by atoms with Crippen molar-refractivity contribution in [2.75, 3.05) is 19.0 Å². The lowest BCUT2D eigenvalue weighted by atomic mass is 10.1. The fourth-order valence-corrected chi connectivity index (χ4v) is 4.38. The Kier molecular flexibility index (Phi) is 7.32. The molecule has 0 bridgehead atoms. The fourth-order valence-electron chi connectivity index (χ4n) is 3.04. The molecule has 0 saturated carbocycles. The van der Waals surface area contributed by atoms with Crippen LogP contribution < -0.4 is 14.8 Å². The number of rotatable bonds is 8. The molecule has 1 amide bonds. The van der Waals surface area contributed by atoms with Crippen LogP contribution in [-0.2, 0) is 4.79 Å². The molecule has 170 valence electrons. The molecule has 0 aliphatic heterocycles. The van der Waals surface area contributed by atoms with Gasteiger partial charge in [0.05, 0.1) is 18.4 Å². The number of carbonyl (C=O) groups excluding carboxylic acids is 1. The van der Waals surface area contributed by atoms with Crippen molar-refractivity contribution in [2.45, 2.75) is 6.92 Å². The number of nitrogens with zero attached hydrogens (tertiary/aromatic N) is 3. The number of benzene rings is 2. The zero-order chi connectivity index (χ0) is 23.9. The molecule has 2 heterocycles. The molecule has 4 rings (SSSR count). The normalized spacial score (nSPS) is 11.0. The second-order valence-corrected chi connectivity index (χ2v) is 8.91. The van der Waals surface area contributed by atoms with E-state index < -0.39 is 0 Å². The molecule has 34 heavy (non-hydrogen) atoms. The lowest BCUT2D eigenvalue weighted by Crippen LogP contribution is -2.20. The predicted octanol–water partition coefficient (Wildman–Crippen LogP) is 5.67. The Bertz CT molecular complexity index is 1350. The molecule has 1 N–H and O–H groups in total. The van der Waals surface area contributed by atoms with E-state index in [1.807, 2.05) is 36.6 Å². The van der Waals surface area contributed by atoms with E-state index in [9.17, 15) is 10.1 Å². The van der Waals surface area contributed by atoms with Crippen LogP contribution in [0.4, 0.5) is 5.13 Å². The lowest BCUT2D eigenvalue weighted by molar-refractivity contribution is -0.118. The molecule has 0 unspecified atom stereocenters. The van der Waals surface area contributed by atoms with Crippen LogP contribution in [-0.4, -0.2) is 29.6 Å². The Morgan fingerprint density at radius 2 is 2.00 bits per heavy atom. The van der Waals surface area contributed by atoms with Gasteiger partial charge in [0.15, 0.2) is 23.2 Å². The third-order valence-electron chi connectivity index (χ3n) is 4.74. The van der Waals surface area contributed by atoms with E-state index in [0.717, 1.165) is 16.8 Å². The maximum atomic E-state index is 12.1. The van der Waals surface area contributed by atoms with Gasteiger partial charge in [-0.15, -0.1) is 22.7 Å². The highest BCUT2D eigenvalue weighted by Gasteiger charge is 2.12. The molecule has 0 radical (unpaired) electrons. The quantitative estimate of drug-likeness (QED) is 0.321. The largest absolute Gasteiger partial charge is 0.493 e. The van der Waals surface area contributed by atoms with Gasteiger partial charge in [-0.25, -0.2) is 9.97 Å². The summed E-state index contributed by atoms with van der Waals surface area (Å²) in [7, 11) is 1.52. The first-order chi connectivity index (χ1) is 16.6. The number of nitriles is 1. The first-order valence-corrected chi connectivity index (χ1v) is 12.0. The summed E-state index contributed by atoms with van der Waals surface area (Å²) in [5.74, 6) is 0.553. The highest BCUT2D eigenvalue weighted by atomic mass is 32.1. The van der Waals surface area contributed by atoms with Crippen LogP contribution in [0.3, 0.4) is 0 Å². The number of anilines is 1. The van der Waals surface area contributed by atoms with E-state index in [-0.39, 0.29) is 12.5 Å². The molecule has 7 nitrogen and oxygen atoms in total. The second kappa shape index (κ2) is 10.7. The number of allylic oxidation sites excluding steroid dienone is 1. The molecular weight excluding hydrogens is 468 g/mol. The SMILES string of the molecule is COc1cc(/C=C(\C#N)c2nc(-c3ccc(C)cc3)cs2)ccc1OCC(=O)Nc1nccs1. The van der Waals surface area contributed by atoms with E-state index in [1.54, 1.807) is 35.9 Å². The van der Waals surface area contributed by atoms with Gasteiger partial charge in [0.25, 0.3) is 5.91 Å². The molecule has 2 aromatic heterocycles. The number of ether oxygens (including phenoxy) is 2. The standard InChI is InChI=1S/C25H20N4O3S2/c1-16-3-6-18(7-4-16)20-15-34-24(28-20)19(13-26)11-17-5-8-21(22(12-17)31-2)32-14-23(30)29-25-27-9-10-33-25/h3-12,15H,14H2,1-2H3,(H,27,29,30)/b19-11+. The van der Waals surface area contributed by atoms with Crippen molar-refractivity contribution >= 4 is 45.4 Å². The number of hydrogen-bond donors (Lipinski definition) is 1. The van der Waals surface area contributed by atoms with Gasteiger partial charge in [0.1, 0.15) is 11.1 Å². The topological polar surface area (TPSA) is 97.1 Å². The first-order valence-electron chi connectivity index (χ1n) is 10.2. The Balaban J connectivity index is 1.48. The Labute approximate surface area is 205 Å². The average molecular weight is 489 g/mol. The van der Waals surface area contributed by atoms with Gasteiger partial charge < -0.3 is 9.47 Å². The summed E-state index contributed by atoms with van der Waals surface area (Å²) in [6.07, 6.45) is 3.36. The Morgan fingerprint density at radius 1 is 1.18 bits per heavy atom. The third kappa shape index (κ3) is 5.67. The van der Waals surface area contributed by atoms with E-state index >= 15 is 0 Å². The average Bonchev–Trinajstić information content (AvgIpc) is 3.54. The Morgan fingerprint density at radius 3 is 2.71 bits per heavy atom. The van der Waals surface area contributed by atoms with E-state index in [4.69, 9.17) is 9.47 Å². The minimum Gasteiger partial charge on any atom is -0.493 e. The summed E-state index contributed by atoms with van der Waals surface area (Å²) in [6.45, 7) is 1.85. The number of aryl methyl sites for hydroxylation is 1. The second-order valence-electron chi connectivity index (χ2n) is 7.16. The smallest absolute Gasteiger partial charge is 0.264 e. The maximum absolute atomic E-state index is 12.1. The predicted molar refractivity (Wildman–Crippen MR) is 135 cm³/mol. The van der Waals surface area contributed by atoms with Crippen molar-refractivity contribution in [3.05, 3.63) is 75.6 Å².